The number of aliphatic hydroxyl groups is 1. The highest BCUT2D eigenvalue weighted by molar-refractivity contribution is 5.67. The van der Waals surface area contributed by atoms with E-state index in [-0.39, 0.29) is 6.61 Å². The van der Waals surface area contributed by atoms with Crippen LogP contribution in [-0.4, -0.2) is 24.4 Å². The molecule has 0 aliphatic heterocycles. The standard InChI is InChI=1S/C13H19NO3/c1-10(2)9-17-13(16)14-12(8-15)11-6-4-3-5-7-11/h3-7,10,12,15H,8-9H2,1-2H3,(H,14,16)/t12-/m0/s1. The average molecular weight is 237 g/mol. The maximum atomic E-state index is 11.4. The lowest BCUT2D eigenvalue weighted by molar-refractivity contribution is 0.123. The van der Waals surface area contributed by atoms with Gasteiger partial charge in [-0.3, -0.25) is 0 Å². The van der Waals surface area contributed by atoms with E-state index in [0.717, 1.165) is 5.56 Å². The number of carbonyl (C=O) groups excluding carboxylic acids is 1. The third-order valence-corrected chi connectivity index (χ3v) is 2.22. The van der Waals surface area contributed by atoms with Gasteiger partial charge in [-0.25, -0.2) is 4.79 Å². The fraction of sp³-hybridized carbons (Fsp3) is 0.462. The van der Waals surface area contributed by atoms with E-state index in [1.165, 1.54) is 0 Å². The van der Waals surface area contributed by atoms with Crippen LogP contribution in [0.2, 0.25) is 0 Å². The van der Waals surface area contributed by atoms with Crippen molar-refractivity contribution in [2.75, 3.05) is 13.2 Å². The fourth-order valence-electron chi connectivity index (χ4n) is 1.35. The van der Waals surface area contributed by atoms with Gasteiger partial charge in [0.25, 0.3) is 0 Å². The molecule has 1 aromatic rings. The lowest BCUT2D eigenvalue weighted by Crippen LogP contribution is -2.32. The first-order chi connectivity index (χ1) is 8.13. The van der Waals surface area contributed by atoms with Crippen LogP contribution in [0.15, 0.2) is 30.3 Å². The van der Waals surface area contributed by atoms with Gasteiger partial charge in [-0.2, -0.15) is 0 Å². The lowest BCUT2D eigenvalue weighted by atomic mass is 10.1. The van der Waals surface area contributed by atoms with Crippen molar-refractivity contribution in [3.63, 3.8) is 0 Å². The van der Waals surface area contributed by atoms with Crippen LogP contribution in [0.25, 0.3) is 0 Å². The van der Waals surface area contributed by atoms with Crippen molar-refractivity contribution < 1.29 is 14.6 Å². The Balaban J connectivity index is 2.50. The summed E-state index contributed by atoms with van der Waals surface area (Å²) in [7, 11) is 0. The molecule has 4 nitrogen and oxygen atoms in total. The number of hydrogen-bond acceptors (Lipinski definition) is 3. The molecule has 17 heavy (non-hydrogen) atoms. The quantitative estimate of drug-likeness (QED) is 0.824. The van der Waals surface area contributed by atoms with E-state index < -0.39 is 12.1 Å². The Morgan fingerprint density at radius 3 is 2.53 bits per heavy atom. The highest BCUT2D eigenvalue weighted by atomic mass is 16.5. The van der Waals surface area contributed by atoms with E-state index in [9.17, 15) is 9.90 Å². The summed E-state index contributed by atoms with van der Waals surface area (Å²) in [6, 6.07) is 8.89. The smallest absolute Gasteiger partial charge is 0.407 e. The second-order valence-electron chi connectivity index (χ2n) is 4.28. The summed E-state index contributed by atoms with van der Waals surface area (Å²) in [4.78, 5) is 11.4. The molecular formula is C13H19NO3. The summed E-state index contributed by atoms with van der Waals surface area (Å²) >= 11 is 0. The van der Waals surface area contributed by atoms with Crippen molar-refractivity contribution in [2.45, 2.75) is 19.9 Å². The molecule has 4 heteroatoms. The molecule has 0 aliphatic rings. The van der Waals surface area contributed by atoms with Crippen LogP contribution in [0.4, 0.5) is 4.79 Å². The van der Waals surface area contributed by atoms with Crippen LogP contribution in [-0.2, 0) is 4.74 Å². The Morgan fingerprint density at radius 1 is 1.35 bits per heavy atom. The molecule has 0 aliphatic carbocycles. The second kappa shape index (κ2) is 6.91. The monoisotopic (exact) mass is 237 g/mol. The predicted octanol–water partition coefficient (Wildman–Crippen LogP) is 2.10. The molecule has 0 saturated carbocycles. The van der Waals surface area contributed by atoms with Crippen molar-refractivity contribution in [1.29, 1.82) is 0 Å². The summed E-state index contributed by atoms with van der Waals surface area (Å²) < 4.78 is 5.00. The van der Waals surface area contributed by atoms with Crippen LogP contribution in [0.3, 0.4) is 0 Å². The topological polar surface area (TPSA) is 58.6 Å². The first-order valence-corrected chi connectivity index (χ1v) is 5.72. The fourth-order valence-corrected chi connectivity index (χ4v) is 1.35. The minimum Gasteiger partial charge on any atom is -0.449 e. The average Bonchev–Trinajstić information content (AvgIpc) is 2.34. The highest BCUT2D eigenvalue weighted by Gasteiger charge is 2.14. The van der Waals surface area contributed by atoms with Gasteiger partial charge < -0.3 is 15.2 Å². The zero-order valence-corrected chi connectivity index (χ0v) is 10.2. The molecule has 94 valence electrons. The number of hydrogen-bond donors (Lipinski definition) is 2. The van der Waals surface area contributed by atoms with E-state index >= 15 is 0 Å². The number of aliphatic hydroxyl groups excluding tert-OH is 1. The predicted molar refractivity (Wildman–Crippen MR) is 65.6 cm³/mol. The number of amides is 1. The van der Waals surface area contributed by atoms with Crippen molar-refractivity contribution in [3.8, 4) is 0 Å². The Morgan fingerprint density at radius 2 is 2.00 bits per heavy atom. The zero-order valence-electron chi connectivity index (χ0n) is 10.2. The third-order valence-electron chi connectivity index (χ3n) is 2.22. The molecule has 0 aromatic heterocycles. The van der Waals surface area contributed by atoms with Gasteiger partial charge in [0, 0.05) is 0 Å². The first-order valence-electron chi connectivity index (χ1n) is 5.72. The molecular weight excluding hydrogens is 218 g/mol. The molecule has 1 amide bonds. The minimum absolute atomic E-state index is 0.152. The van der Waals surface area contributed by atoms with E-state index in [0.29, 0.717) is 12.5 Å². The van der Waals surface area contributed by atoms with E-state index in [1.54, 1.807) is 0 Å². The highest BCUT2D eigenvalue weighted by Crippen LogP contribution is 2.11. The maximum absolute atomic E-state index is 11.4. The number of ether oxygens (including phenoxy) is 1. The van der Waals surface area contributed by atoms with Crippen LogP contribution in [0.5, 0.6) is 0 Å². The number of nitrogens with one attached hydrogen (secondary N) is 1. The van der Waals surface area contributed by atoms with Gasteiger partial charge in [-0.05, 0) is 11.5 Å². The Labute approximate surface area is 102 Å². The van der Waals surface area contributed by atoms with Crippen LogP contribution in [0.1, 0.15) is 25.5 Å². The van der Waals surface area contributed by atoms with Gasteiger partial charge in [0.1, 0.15) is 0 Å². The van der Waals surface area contributed by atoms with Gasteiger partial charge in [-0.1, -0.05) is 44.2 Å². The van der Waals surface area contributed by atoms with E-state index in [4.69, 9.17) is 4.74 Å². The molecule has 0 bridgehead atoms. The number of benzene rings is 1. The molecule has 0 fully saturated rings. The van der Waals surface area contributed by atoms with Crippen LogP contribution >= 0.6 is 0 Å². The summed E-state index contributed by atoms with van der Waals surface area (Å²) in [5, 5.41) is 11.9. The largest absolute Gasteiger partial charge is 0.449 e. The van der Waals surface area contributed by atoms with Crippen molar-refractivity contribution >= 4 is 6.09 Å². The first kappa shape index (κ1) is 13.5. The lowest BCUT2D eigenvalue weighted by Gasteiger charge is -2.17. The van der Waals surface area contributed by atoms with Crippen LogP contribution < -0.4 is 5.32 Å². The normalized spacial score (nSPS) is 12.2. The molecule has 0 unspecified atom stereocenters. The van der Waals surface area contributed by atoms with Gasteiger partial charge >= 0.3 is 6.09 Å². The molecule has 1 aromatic carbocycles. The molecule has 0 spiro atoms. The van der Waals surface area contributed by atoms with E-state index in [2.05, 4.69) is 5.32 Å². The molecule has 2 N–H and O–H groups in total. The molecule has 0 heterocycles. The number of alkyl carbamates (subject to hydrolysis) is 1. The maximum Gasteiger partial charge on any atom is 0.407 e. The molecule has 0 radical (unpaired) electrons. The summed E-state index contributed by atoms with van der Waals surface area (Å²) in [6.07, 6.45) is -0.499. The number of carbonyl (C=O) groups is 1. The summed E-state index contributed by atoms with van der Waals surface area (Å²) in [5.74, 6) is 0.296. The summed E-state index contributed by atoms with van der Waals surface area (Å²) in [5.41, 5.74) is 0.858. The Bertz CT molecular complexity index is 338. The minimum atomic E-state index is -0.499. The Hall–Kier alpha value is -1.55. The zero-order chi connectivity index (χ0) is 12.7. The molecule has 0 saturated heterocycles. The van der Waals surface area contributed by atoms with Crippen LogP contribution in [0, 0.1) is 5.92 Å². The van der Waals surface area contributed by atoms with Gasteiger partial charge in [0.05, 0.1) is 19.3 Å². The third kappa shape index (κ3) is 4.87. The van der Waals surface area contributed by atoms with Gasteiger partial charge in [0.15, 0.2) is 0 Å². The van der Waals surface area contributed by atoms with Crippen molar-refractivity contribution in [1.82, 2.24) is 5.32 Å². The number of rotatable bonds is 5. The Kier molecular flexibility index (Phi) is 5.49. The van der Waals surface area contributed by atoms with E-state index in [1.807, 2.05) is 44.2 Å². The van der Waals surface area contributed by atoms with Crippen molar-refractivity contribution in [3.05, 3.63) is 35.9 Å². The van der Waals surface area contributed by atoms with Gasteiger partial charge in [-0.15, -0.1) is 0 Å². The molecule has 1 atom stereocenters. The second-order valence-corrected chi connectivity index (χ2v) is 4.28. The summed E-state index contributed by atoms with van der Waals surface area (Å²) in [6.45, 7) is 4.15. The SMILES string of the molecule is CC(C)COC(=O)N[C@@H](CO)c1ccccc1. The van der Waals surface area contributed by atoms with Gasteiger partial charge in [0.2, 0.25) is 0 Å². The molecule has 1 rings (SSSR count). The van der Waals surface area contributed by atoms with Crippen molar-refractivity contribution in [2.24, 2.45) is 5.92 Å².